The molecule has 0 aromatic heterocycles. The zero-order chi connectivity index (χ0) is 20.3. The lowest BCUT2D eigenvalue weighted by Crippen LogP contribution is -2.54. The quantitative estimate of drug-likeness (QED) is 0.482. The van der Waals surface area contributed by atoms with E-state index in [1.54, 1.807) is 6.92 Å². The topological polar surface area (TPSA) is 52.6 Å². The molecule has 28 heavy (non-hydrogen) atoms. The monoisotopic (exact) mass is 388 g/mol. The number of allylic oxidation sites excluding steroid dienone is 1. The van der Waals surface area contributed by atoms with E-state index in [4.69, 9.17) is 9.47 Å². The maximum atomic E-state index is 11.8. The third-order valence-electron chi connectivity index (χ3n) is 9.29. The van der Waals surface area contributed by atoms with E-state index in [9.17, 15) is 9.59 Å². The van der Waals surface area contributed by atoms with Crippen LogP contribution in [0, 0.1) is 28.6 Å². The highest BCUT2D eigenvalue weighted by Crippen LogP contribution is 2.67. The van der Waals surface area contributed by atoms with Gasteiger partial charge in [-0.15, -0.1) is 0 Å². The van der Waals surface area contributed by atoms with Gasteiger partial charge in [0.05, 0.1) is 0 Å². The summed E-state index contributed by atoms with van der Waals surface area (Å²) >= 11 is 0. The summed E-state index contributed by atoms with van der Waals surface area (Å²) in [6.45, 7) is 10.1. The Morgan fingerprint density at radius 3 is 2.36 bits per heavy atom. The van der Waals surface area contributed by atoms with Crippen molar-refractivity contribution in [2.24, 2.45) is 28.6 Å². The lowest BCUT2D eigenvalue weighted by Gasteiger charge is -2.59. The van der Waals surface area contributed by atoms with Gasteiger partial charge in [-0.25, -0.2) is 0 Å². The highest BCUT2D eigenvalue weighted by Gasteiger charge is 2.64. The summed E-state index contributed by atoms with van der Waals surface area (Å²) in [5, 5.41) is 0. The SMILES string of the molecule is CC(=O)O[C@H]1CC[C@@]2(C)C(=CC[C@@H]3[C@@H]2CC[C@@]2(C)[C@H]3CC[C@]2(C)OC(C)=O)C1. The first kappa shape index (κ1) is 20.0. The van der Waals surface area contributed by atoms with Crippen LogP contribution in [0.4, 0.5) is 0 Å². The molecule has 4 aliphatic carbocycles. The second-order valence-corrected chi connectivity index (χ2v) is 10.6. The molecule has 4 rings (SSSR count). The van der Waals surface area contributed by atoms with E-state index in [1.165, 1.54) is 18.9 Å². The minimum Gasteiger partial charge on any atom is -0.462 e. The van der Waals surface area contributed by atoms with Crippen LogP contribution in [0.15, 0.2) is 11.6 Å². The van der Waals surface area contributed by atoms with Crippen LogP contribution < -0.4 is 0 Å². The van der Waals surface area contributed by atoms with Crippen molar-refractivity contribution in [3.63, 3.8) is 0 Å². The van der Waals surface area contributed by atoms with E-state index in [0.717, 1.165) is 44.9 Å². The minimum atomic E-state index is -0.327. The number of carbonyl (C=O) groups excluding carboxylic acids is 2. The van der Waals surface area contributed by atoms with Crippen LogP contribution >= 0.6 is 0 Å². The van der Waals surface area contributed by atoms with Crippen molar-refractivity contribution >= 4 is 11.9 Å². The molecule has 0 aliphatic heterocycles. The Morgan fingerprint density at radius 1 is 0.964 bits per heavy atom. The molecule has 0 amide bonds. The standard InChI is InChI=1S/C24H36O4/c1-15(25)27-18-8-11-22(3)17(14-18)6-7-19-20(22)9-12-23(4)21(19)10-13-24(23,5)28-16(2)26/h6,18-21H,7-14H2,1-5H3/t18-,19+,20-,21-,22-,23-,24-/m0/s1. The van der Waals surface area contributed by atoms with Gasteiger partial charge in [0.2, 0.25) is 0 Å². The molecule has 156 valence electrons. The number of hydrogen-bond donors (Lipinski definition) is 0. The predicted octanol–water partition coefficient (Wildman–Crippen LogP) is 5.20. The van der Waals surface area contributed by atoms with E-state index in [1.807, 2.05) is 0 Å². The van der Waals surface area contributed by atoms with E-state index in [0.29, 0.717) is 17.8 Å². The average Bonchev–Trinajstić information content (AvgIpc) is 2.85. The van der Waals surface area contributed by atoms with Crippen molar-refractivity contribution < 1.29 is 19.1 Å². The molecule has 0 radical (unpaired) electrons. The fourth-order valence-corrected chi connectivity index (χ4v) is 7.67. The average molecular weight is 389 g/mol. The summed E-state index contributed by atoms with van der Waals surface area (Å²) in [7, 11) is 0. The molecular weight excluding hydrogens is 352 g/mol. The minimum absolute atomic E-state index is 0.0565. The Hall–Kier alpha value is -1.32. The first-order valence-electron chi connectivity index (χ1n) is 11.2. The first-order chi connectivity index (χ1) is 13.1. The second kappa shape index (κ2) is 6.60. The Balaban J connectivity index is 1.59. The number of ether oxygens (including phenoxy) is 2. The summed E-state index contributed by atoms with van der Waals surface area (Å²) in [4.78, 5) is 23.2. The van der Waals surface area contributed by atoms with Crippen molar-refractivity contribution in [1.82, 2.24) is 0 Å². The first-order valence-corrected chi connectivity index (χ1v) is 11.2. The van der Waals surface area contributed by atoms with Gasteiger partial charge in [-0.05, 0) is 75.0 Å². The summed E-state index contributed by atoms with van der Waals surface area (Å²) in [6.07, 6.45) is 11.2. The highest BCUT2D eigenvalue weighted by atomic mass is 16.6. The molecule has 0 unspecified atom stereocenters. The smallest absolute Gasteiger partial charge is 0.303 e. The lowest BCUT2D eigenvalue weighted by atomic mass is 9.47. The molecule has 4 aliphatic rings. The van der Waals surface area contributed by atoms with Gasteiger partial charge in [0.25, 0.3) is 0 Å². The van der Waals surface area contributed by atoms with Crippen LogP contribution in [-0.2, 0) is 19.1 Å². The Kier molecular flexibility index (Phi) is 4.71. The molecule has 3 fully saturated rings. The maximum Gasteiger partial charge on any atom is 0.303 e. The number of carbonyl (C=O) groups is 2. The zero-order valence-corrected chi connectivity index (χ0v) is 18.2. The molecule has 4 heteroatoms. The molecule has 0 saturated heterocycles. The van der Waals surface area contributed by atoms with Crippen LogP contribution in [0.5, 0.6) is 0 Å². The van der Waals surface area contributed by atoms with Gasteiger partial charge >= 0.3 is 11.9 Å². The van der Waals surface area contributed by atoms with Crippen LogP contribution in [0.1, 0.15) is 86.0 Å². The third-order valence-corrected chi connectivity index (χ3v) is 9.29. The molecule has 0 spiro atoms. The van der Waals surface area contributed by atoms with Crippen LogP contribution in [0.2, 0.25) is 0 Å². The molecule has 0 aromatic rings. The van der Waals surface area contributed by atoms with E-state index in [-0.39, 0.29) is 34.5 Å². The summed E-state index contributed by atoms with van der Waals surface area (Å²) in [6, 6.07) is 0. The van der Waals surface area contributed by atoms with Gasteiger partial charge in [-0.1, -0.05) is 25.5 Å². The molecule has 0 N–H and O–H groups in total. The second-order valence-electron chi connectivity index (χ2n) is 10.6. The molecule has 0 heterocycles. The van der Waals surface area contributed by atoms with Crippen molar-refractivity contribution in [2.75, 3.05) is 0 Å². The number of rotatable bonds is 2. The van der Waals surface area contributed by atoms with Crippen LogP contribution in [0.3, 0.4) is 0 Å². The van der Waals surface area contributed by atoms with Crippen molar-refractivity contribution in [3.8, 4) is 0 Å². The van der Waals surface area contributed by atoms with Gasteiger partial charge in [0.1, 0.15) is 11.7 Å². The highest BCUT2D eigenvalue weighted by molar-refractivity contribution is 5.67. The van der Waals surface area contributed by atoms with Crippen LogP contribution in [0.25, 0.3) is 0 Å². The molecule has 0 bridgehead atoms. The fraction of sp³-hybridized carbons (Fsp3) is 0.833. The third kappa shape index (κ3) is 2.85. The molecule has 4 nitrogen and oxygen atoms in total. The summed E-state index contributed by atoms with van der Waals surface area (Å²) in [5.41, 5.74) is 1.51. The Bertz CT molecular complexity index is 711. The number of fused-ring (bicyclic) bond motifs is 5. The van der Waals surface area contributed by atoms with Crippen molar-refractivity contribution in [1.29, 1.82) is 0 Å². The van der Waals surface area contributed by atoms with E-state index < -0.39 is 0 Å². The summed E-state index contributed by atoms with van der Waals surface area (Å²) in [5.74, 6) is 1.69. The molecule has 7 atom stereocenters. The van der Waals surface area contributed by atoms with Crippen molar-refractivity contribution in [2.45, 2.75) is 97.7 Å². The summed E-state index contributed by atoms with van der Waals surface area (Å²) < 4.78 is 11.5. The maximum absolute atomic E-state index is 11.8. The van der Waals surface area contributed by atoms with E-state index in [2.05, 4.69) is 26.8 Å². The van der Waals surface area contributed by atoms with E-state index >= 15 is 0 Å². The number of hydrogen-bond acceptors (Lipinski definition) is 4. The predicted molar refractivity (Wildman–Crippen MR) is 107 cm³/mol. The lowest BCUT2D eigenvalue weighted by molar-refractivity contribution is -0.177. The molecule has 0 aromatic carbocycles. The van der Waals surface area contributed by atoms with Gasteiger partial charge < -0.3 is 9.47 Å². The normalized spacial score (nSPS) is 47.2. The Labute approximate surface area is 169 Å². The van der Waals surface area contributed by atoms with Gasteiger partial charge in [0, 0.05) is 25.7 Å². The molecule has 3 saturated carbocycles. The van der Waals surface area contributed by atoms with Gasteiger partial charge in [-0.3, -0.25) is 9.59 Å². The van der Waals surface area contributed by atoms with Crippen LogP contribution in [-0.4, -0.2) is 23.6 Å². The van der Waals surface area contributed by atoms with Gasteiger partial charge in [0.15, 0.2) is 0 Å². The Morgan fingerprint density at radius 2 is 1.68 bits per heavy atom. The van der Waals surface area contributed by atoms with Gasteiger partial charge in [-0.2, -0.15) is 0 Å². The fourth-order valence-electron chi connectivity index (χ4n) is 7.67. The number of esters is 2. The molecular formula is C24H36O4. The zero-order valence-electron chi connectivity index (χ0n) is 18.2. The van der Waals surface area contributed by atoms with Crippen molar-refractivity contribution in [3.05, 3.63) is 11.6 Å². The largest absolute Gasteiger partial charge is 0.462 e.